The van der Waals surface area contributed by atoms with Crippen LogP contribution < -0.4 is 14.2 Å². The topological polar surface area (TPSA) is 111 Å². The number of hydrogen-bond donors (Lipinski definition) is 1. The first kappa shape index (κ1) is 24.3. The minimum atomic E-state index is -3.74. The molecule has 32 heavy (non-hydrogen) atoms. The zero-order chi connectivity index (χ0) is 23.0. The fourth-order valence-corrected chi connectivity index (χ4v) is 5.13. The molecular weight excluding hydrogens is 436 g/mol. The summed E-state index contributed by atoms with van der Waals surface area (Å²) in [5, 5.41) is 0. The van der Waals surface area contributed by atoms with Crippen molar-refractivity contribution in [3.8, 4) is 11.5 Å². The molecule has 0 atom stereocenters. The van der Waals surface area contributed by atoms with Crippen LogP contribution in [0.1, 0.15) is 51.9 Å². The largest absolute Gasteiger partial charge is 0.486 e. The third-order valence-electron chi connectivity index (χ3n) is 5.71. The monoisotopic (exact) mass is 468 g/mol. The molecular formula is C22H32N2O7S. The predicted octanol–water partition coefficient (Wildman–Crippen LogP) is 2.24. The van der Waals surface area contributed by atoms with Gasteiger partial charge in [-0.25, -0.2) is 13.1 Å². The average Bonchev–Trinajstić information content (AvgIpc) is 2.81. The lowest BCUT2D eigenvalue weighted by atomic mass is 9.94. The lowest BCUT2D eigenvalue weighted by Crippen LogP contribution is -2.43. The number of amides is 1. The van der Waals surface area contributed by atoms with Crippen molar-refractivity contribution in [2.75, 3.05) is 32.9 Å². The van der Waals surface area contributed by atoms with Gasteiger partial charge < -0.3 is 19.1 Å². The molecule has 1 N–H and O–H groups in total. The van der Waals surface area contributed by atoms with Crippen LogP contribution in [0.2, 0.25) is 0 Å². The number of ether oxygens (including phenoxy) is 3. The summed E-state index contributed by atoms with van der Waals surface area (Å²) in [5.74, 6) is 0.211. The van der Waals surface area contributed by atoms with Gasteiger partial charge in [-0.2, -0.15) is 0 Å². The summed E-state index contributed by atoms with van der Waals surface area (Å²) < 4.78 is 43.3. The second kappa shape index (κ2) is 11.5. The first-order valence-electron chi connectivity index (χ1n) is 11.2. The van der Waals surface area contributed by atoms with Gasteiger partial charge in [0.2, 0.25) is 10.0 Å². The van der Waals surface area contributed by atoms with Crippen LogP contribution in [0, 0.1) is 0 Å². The number of nitrogens with one attached hydrogen (secondary N) is 1. The van der Waals surface area contributed by atoms with E-state index in [1.54, 1.807) is 11.0 Å². The number of carbonyl (C=O) groups excluding carboxylic acids is 2. The van der Waals surface area contributed by atoms with Crippen LogP contribution in [0.3, 0.4) is 0 Å². The molecule has 1 aromatic rings. The van der Waals surface area contributed by atoms with Crippen molar-refractivity contribution < 1.29 is 32.2 Å². The molecule has 9 nitrogen and oxygen atoms in total. The summed E-state index contributed by atoms with van der Waals surface area (Å²) in [7, 11) is -3.74. The molecule has 1 aromatic carbocycles. The van der Waals surface area contributed by atoms with Gasteiger partial charge >= 0.3 is 5.97 Å². The Kier molecular flexibility index (Phi) is 8.75. The number of sulfonamides is 1. The first-order valence-corrected chi connectivity index (χ1v) is 12.7. The number of esters is 1. The lowest BCUT2D eigenvalue weighted by Gasteiger charge is -2.33. The van der Waals surface area contributed by atoms with Crippen molar-refractivity contribution in [3.63, 3.8) is 0 Å². The van der Waals surface area contributed by atoms with E-state index in [1.807, 2.05) is 6.92 Å². The van der Waals surface area contributed by atoms with Crippen molar-refractivity contribution in [2.24, 2.45) is 0 Å². The van der Waals surface area contributed by atoms with Crippen LogP contribution in [0.5, 0.6) is 11.5 Å². The Hall–Kier alpha value is -2.33. The summed E-state index contributed by atoms with van der Waals surface area (Å²) in [6.45, 7) is 3.13. The highest BCUT2D eigenvalue weighted by atomic mass is 32.2. The van der Waals surface area contributed by atoms with Crippen LogP contribution >= 0.6 is 0 Å². The van der Waals surface area contributed by atoms with E-state index in [1.165, 1.54) is 18.6 Å². The molecule has 0 unspecified atom stereocenters. The number of nitrogens with zero attached hydrogens (tertiary/aromatic N) is 1. The normalized spacial score (nSPS) is 16.4. The van der Waals surface area contributed by atoms with E-state index in [9.17, 15) is 18.0 Å². The van der Waals surface area contributed by atoms with Gasteiger partial charge in [-0.3, -0.25) is 9.59 Å². The highest BCUT2D eigenvalue weighted by Gasteiger charge is 2.25. The van der Waals surface area contributed by atoms with Crippen LogP contribution in [-0.4, -0.2) is 64.1 Å². The van der Waals surface area contributed by atoms with Crippen molar-refractivity contribution in [1.29, 1.82) is 0 Å². The summed E-state index contributed by atoms with van der Waals surface area (Å²) >= 11 is 0. The molecule has 1 heterocycles. The molecule has 1 amide bonds. The van der Waals surface area contributed by atoms with Gasteiger partial charge in [0.1, 0.15) is 13.2 Å². The van der Waals surface area contributed by atoms with Crippen molar-refractivity contribution >= 4 is 21.9 Å². The molecule has 2 aliphatic rings. The molecule has 10 heteroatoms. The van der Waals surface area contributed by atoms with Gasteiger partial charge in [0.05, 0.1) is 4.90 Å². The number of likely N-dealkylation sites (N-methyl/N-ethyl adjacent to an activating group) is 1. The molecule has 0 radical (unpaired) electrons. The molecule has 0 aromatic heterocycles. The van der Waals surface area contributed by atoms with Gasteiger partial charge in [-0.1, -0.05) is 19.3 Å². The average molecular weight is 469 g/mol. The van der Waals surface area contributed by atoms with Crippen LogP contribution in [0.4, 0.5) is 0 Å². The molecule has 0 spiro atoms. The SMILES string of the molecule is CCN(C(=O)COC(=O)CCCNS(=O)(=O)c1ccc2c(c1)OCCO2)C1CCCCC1. The Labute approximate surface area is 189 Å². The molecule has 0 bridgehead atoms. The van der Waals surface area contributed by atoms with E-state index in [-0.39, 0.29) is 42.8 Å². The fraction of sp³-hybridized carbons (Fsp3) is 0.636. The Bertz CT molecular complexity index is 898. The van der Waals surface area contributed by atoms with Crippen molar-refractivity contribution in [1.82, 2.24) is 9.62 Å². The number of hydrogen-bond acceptors (Lipinski definition) is 7. The lowest BCUT2D eigenvalue weighted by molar-refractivity contribution is -0.153. The van der Waals surface area contributed by atoms with E-state index < -0.39 is 16.0 Å². The summed E-state index contributed by atoms with van der Waals surface area (Å²) in [6.07, 6.45) is 5.72. The maximum Gasteiger partial charge on any atom is 0.306 e. The zero-order valence-electron chi connectivity index (χ0n) is 18.5. The Balaban J connectivity index is 1.38. The van der Waals surface area contributed by atoms with E-state index in [2.05, 4.69) is 4.72 Å². The number of rotatable bonds is 10. The van der Waals surface area contributed by atoms with Crippen molar-refractivity contribution in [2.45, 2.75) is 62.8 Å². The third-order valence-corrected chi connectivity index (χ3v) is 7.17. The van der Waals surface area contributed by atoms with Gasteiger partial charge in [0.25, 0.3) is 5.91 Å². The molecule has 0 saturated heterocycles. The Morgan fingerprint density at radius 1 is 1.12 bits per heavy atom. The molecule has 3 rings (SSSR count). The Morgan fingerprint density at radius 2 is 1.84 bits per heavy atom. The number of benzene rings is 1. The fourth-order valence-electron chi connectivity index (χ4n) is 4.04. The highest BCUT2D eigenvalue weighted by Crippen LogP contribution is 2.32. The summed E-state index contributed by atoms with van der Waals surface area (Å²) in [6, 6.07) is 4.66. The predicted molar refractivity (Wildman–Crippen MR) is 117 cm³/mol. The van der Waals surface area contributed by atoms with Gasteiger partial charge in [0, 0.05) is 31.6 Å². The van der Waals surface area contributed by atoms with Crippen LogP contribution in [0.15, 0.2) is 23.1 Å². The maximum atomic E-state index is 12.5. The standard InChI is InChI=1S/C22H32N2O7S/c1-2-24(17-7-4-3-5-8-17)21(25)16-31-22(26)9-6-12-23-32(27,28)18-10-11-19-20(15-18)30-14-13-29-19/h10-11,15,17,23H,2-9,12-14,16H2,1H3. The smallest absolute Gasteiger partial charge is 0.306 e. The van der Waals surface area contributed by atoms with E-state index in [0.717, 1.165) is 25.7 Å². The third kappa shape index (κ3) is 6.59. The number of carbonyl (C=O) groups is 2. The summed E-state index contributed by atoms with van der Waals surface area (Å²) in [4.78, 5) is 26.3. The molecule has 178 valence electrons. The second-order valence-corrected chi connectivity index (χ2v) is 9.71. The molecule has 1 aliphatic carbocycles. The zero-order valence-corrected chi connectivity index (χ0v) is 19.3. The Morgan fingerprint density at radius 3 is 2.56 bits per heavy atom. The minimum absolute atomic E-state index is 0.0203. The highest BCUT2D eigenvalue weighted by molar-refractivity contribution is 7.89. The first-order chi connectivity index (χ1) is 15.4. The van der Waals surface area contributed by atoms with Gasteiger partial charge in [-0.05, 0) is 38.3 Å². The minimum Gasteiger partial charge on any atom is -0.486 e. The maximum absolute atomic E-state index is 12.5. The van der Waals surface area contributed by atoms with E-state index in [0.29, 0.717) is 31.3 Å². The van der Waals surface area contributed by atoms with Crippen LogP contribution in [-0.2, 0) is 24.3 Å². The van der Waals surface area contributed by atoms with Crippen LogP contribution in [0.25, 0.3) is 0 Å². The number of fused-ring (bicyclic) bond motifs is 1. The second-order valence-electron chi connectivity index (χ2n) is 7.94. The van der Waals surface area contributed by atoms with Gasteiger partial charge in [0.15, 0.2) is 18.1 Å². The van der Waals surface area contributed by atoms with Crippen molar-refractivity contribution in [3.05, 3.63) is 18.2 Å². The van der Waals surface area contributed by atoms with E-state index in [4.69, 9.17) is 14.2 Å². The van der Waals surface area contributed by atoms with E-state index >= 15 is 0 Å². The summed E-state index contributed by atoms with van der Waals surface area (Å²) in [5.41, 5.74) is 0. The molecule has 1 fully saturated rings. The molecule has 1 saturated carbocycles. The quantitative estimate of drug-likeness (QED) is 0.414. The van der Waals surface area contributed by atoms with Gasteiger partial charge in [-0.15, -0.1) is 0 Å². The molecule has 1 aliphatic heterocycles.